The number of thioether (sulfide) groups is 1. The minimum atomic E-state index is -0.139. The molecule has 3 rings (SSSR count). The van der Waals surface area contributed by atoms with Crippen molar-refractivity contribution in [2.24, 2.45) is 0 Å². The van der Waals surface area contributed by atoms with Gasteiger partial charge in [0.15, 0.2) is 5.13 Å². The van der Waals surface area contributed by atoms with Crippen LogP contribution in [0.3, 0.4) is 0 Å². The fourth-order valence-corrected chi connectivity index (χ4v) is 3.57. The quantitative estimate of drug-likeness (QED) is 0.586. The molecule has 0 aliphatic rings. The lowest BCUT2D eigenvalue weighted by atomic mass is 10.1. The van der Waals surface area contributed by atoms with Crippen molar-refractivity contribution in [1.82, 2.24) is 4.98 Å². The van der Waals surface area contributed by atoms with Gasteiger partial charge in [-0.2, -0.15) is 0 Å². The van der Waals surface area contributed by atoms with E-state index in [0.29, 0.717) is 17.2 Å². The minimum Gasteiger partial charge on any atom is -0.326 e. The van der Waals surface area contributed by atoms with Crippen molar-refractivity contribution < 1.29 is 9.59 Å². The van der Waals surface area contributed by atoms with Gasteiger partial charge in [0.1, 0.15) is 0 Å². The zero-order chi connectivity index (χ0) is 19.1. The van der Waals surface area contributed by atoms with Crippen LogP contribution in [0.5, 0.6) is 0 Å². The van der Waals surface area contributed by atoms with Crippen LogP contribution in [-0.2, 0) is 22.4 Å². The molecule has 0 bridgehead atoms. The molecule has 138 valence electrons. The summed E-state index contributed by atoms with van der Waals surface area (Å²) in [5, 5.41) is 7.92. The molecule has 2 amide bonds. The number of hydrogen-bond acceptors (Lipinski definition) is 5. The van der Waals surface area contributed by atoms with Crippen LogP contribution in [0.2, 0.25) is 0 Å². The van der Waals surface area contributed by atoms with Gasteiger partial charge in [0.25, 0.3) is 0 Å². The summed E-state index contributed by atoms with van der Waals surface area (Å²) in [5.41, 5.74) is 2.33. The maximum absolute atomic E-state index is 12.2. The average Bonchev–Trinajstić information content (AvgIpc) is 3.09. The molecule has 2 N–H and O–H groups in total. The second-order valence-corrected chi connectivity index (χ2v) is 7.55. The highest BCUT2D eigenvalue weighted by molar-refractivity contribution is 7.98. The number of carbonyl (C=O) groups excluding carboxylic acids is 2. The van der Waals surface area contributed by atoms with Crippen molar-refractivity contribution in [3.8, 4) is 0 Å². The highest BCUT2D eigenvalue weighted by atomic mass is 32.2. The predicted octanol–water partition coefficient (Wildman–Crippen LogP) is 4.23. The van der Waals surface area contributed by atoms with Gasteiger partial charge in [-0.3, -0.25) is 9.59 Å². The standard InChI is InChI=1S/C20H19N3O2S2/c1-26-17-9-7-15(8-10-17)21-19(25)12-16-13-27-20(22-16)23-18(24)11-14-5-3-2-4-6-14/h2-10,13H,11-12H2,1H3,(H,21,25)(H,22,23,24). The summed E-state index contributed by atoms with van der Waals surface area (Å²) in [4.78, 5) is 29.7. The van der Waals surface area contributed by atoms with Crippen molar-refractivity contribution in [3.63, 3.8) is 0 Å². The molecule has 0 aliphatic heterocycles. The van der Waals surface area contributed by atoms with E-state index < -0.39 is 0 Å². The fraction of sp³-hybridized carbons (Fsp3) is 0.150. The molecule has 0 fully saturated rings. The van der Waals surface area contributed by atoms with E-state index >= 15 is 0 Å². The van der Waals surface area contributed by atoms with E-state index in [-0.39, 0.29) is 18.2 Å². The lowest BCUT2D eigenvalue weighted by Crippen LogP contribution is -2.15. The van der Waals surface area contributed by atoms with Gasteiger partial charge in [0.2, 0.25) is 11.8 Å². The predicted molar refractivity (Wildman–Crippen MR) is 111 cm³/mol. The molecular weight excluding hydrogens is 378 g/mol. The molecular formula is C20H19N3O2S2. The summed E-state index contributed by atoms with van der Waals surface area (Å²) in [5.74, 6) is -0.264. The molecule has 0 aliphatic carbocycles. The van der Waals surface area contributed by atoms with Crippen LogP contribution >= 0.6 is 23.1 Å². The molecule has 0 atom stereocenters. The van der Waals surface area contributed by atoms with Crippen LogP contribution < -0.4 is 10.6 Å². The van der Waals surface area contributed by atoms with Gasteiger partial charge in [0.05, 0.1) is 18.5 Å². The van der Waals surface area contributed by atoms with Gasteiger partial charge < -0.3 is 10.6 Å². The normalized spacial score (nSPS) is 10.4. The van der Waals surface area contributed by atoms with Crippen LogP contribution in [-0.4, -0.2) is 23.1 Å². The Kier molecular flexibility index (Phi) is 6.62. The summed E-state index contributed by atoms with van der Waals surface area (Å²) in [6, 6.07) is 17.2. The molecule has 0 saturated carbocycles. The average molecular weight is 398 g/mol. The molecule has 1 aromatic heterocycles. The Morgan fingerprint density at radius 3 is 2.37 bits per heavy atom. The van der Waals surface area contributed by atoms with Crippen molar-refractivity contribution >= 4 is 45.7 Å². The van der Waals surface area contributed by atoms with Gasteiger partial charge >= 0.3 is 0 Å². The highest BCUT2D eigenvalue weighted by Crippen LogP contribution is 2.19. The number of carbonyl (C=O) groups is 2. The Labute approximate surface area is 166 Å². The van der Waals surface area contributed by atoms with Crippen LogP contribution in [0.25, 0.3) is 0 Å². The van der Waals surface area contributed by atoms with Crippen LogP contribution in [0.4, 0.5) is 10.8 Å². The van der Waals surface area contributed by atoms with E-state index in [0.717, 1.165) is 16.1 Å². The summed E-state index contributed by atoms with van der Waals surface area (Å²) in [7, 11) is 0. The number of rotatable bonds is 7. The lowest BCUT2D eigenvalue weighted by molar-refractivity contribution is -0.116. The zero-order valence-electron chi connectivity index (χ0n) is 14.8. The summed E-state index contributed by atoms with van der Waals surface area (Å²) in [6.45, 7) is 0. The van der Waals surface area contributed by atoms with Crippen LogP contribution in [0, 0.1) is 0 Å². The van der Waals surface area contributed by atoms with Gasteiger partial charge in [-0.05, 0) is 36.1 Å². The van der Waals surface area contributed by atoms with E-state index in [2.05, 4.69) is 15.6 Å². The monoisotopic (exact) mass is 397 g/mol. The molecule has 3 aromatic rings. The second-order valence-electron chi connectivity index (χ2n) is 5.81. The zero-order valence-corrected chi connectivity index (χ0v) is 16.4. The number of hydrogen-bond donors (Lipinski definition) is 2. The summed E-state index contributed by atoms with van der Waals surface area (Å²) in [6.07, 6.45) is 2.46. The smallest absolute Gasteiger partial charge is 0.230 e. The molecule has 0 saturated heterocycles. The Morgan fingerprint density at radius 2 is 1.67 bits per heavy atom. The topological polar surface area (TPSA) is 71.1 Å². The van der Waals surface area contributed by atoms with E-state index in [1.807, 2.05) is 60.9 Å². The molecule has 0 unspecified atom stereocenters. The van der Waals surface area contributed by atoms with Crippen molar-refractivity contribution in [3.05, 3.63) is 71.2 Å². The molecule has 2 aromatic carbocycles. The number of nitrogens with one attached hydrogen (secondary N) is 2. The van der Waals surface area contributed by atoms with E-state index in [4.69, 9.17) is 0 Å². The first kappa shape index (κ1) is 19.1. The number of amides is 2. The number of aromatic nitrogens is 1. The Hall–Kier alpha value is -2.64. The maximum atomic E-state index is 12.2. The first-order valence-electron chi connectivity index (χ1n) is 8.34. The Balaban J connectivity index is 1.50. The van der Waals surface area contributed by atoms with Crippen LogP contribution in [0.1, 0.15) is 11.3 Å². The SMILES string of the molecule is CSc1ccc(NC(=O)Cc2csc(NC(=O)Cc3ccccc3)n2)cc1. The van der Waals surface area contributed by atoms with Gasteiger partial charge in [0, 0.05) is 16.0 Å². The number of thiazole rings is 1. The van der Waals surface area contributed by atoms with Gasteiger partial charge in [-0.1, -0.05) is 30.3 Å². The van der Waals surface area contributed by atoms with Crippen molar-refractivity contribution in [2.45, 2.75) is 17.7 Å². The third-order valence-electron chi connectivity index (χ3n) is 3.72. The third-order valence-corrected chi connectivity index (χ3v) is 5.27. The maximum Gasteiger partial charge on any atom is 0.230 e. The number of nitrogens with zero attached hydrogens (tertiary/aromatic N) is 1. The lowest BCUT2D eigenvalue weighted by Gasteiger charge is -2.05. The Morgan fingerprint density at radius 1 is 0.963 bits per heavy atom. The first-order valence-corrected chi connectivity index (χ1v) is 10.4. The fourth-order valence-electron chi connectivity index (χ4n) is 2.43. The van der Waals surface area contributed by atoms with E-state index in [1.54, 1.807) is 17.1 Å². The molecule has 5 nitrogen and oxygen atoms in total. The summed E-state index contributed by atoms with van der Waals surface area (Å²) < 4.78 is 0. The van der Waals surface area contributed by atoms with Crippen molar-refractivity contribution in [1.29, 1.82) is 0 Å². The number of benzene rings is 2. The molecule has 1 heterocycles. The third kappa shape index (κ3) is 5.94. The number of anilines is 2. The summed E-state index contributed by atoms with van der Waals surface area (Å²) >= 11 is 2.97. The minimum absolute atomic E-state index is 0.125. The first-order chi connectivity index (χ1) is 13.1. The molecule has 7 heteroatoms. The van der Waals surface area contributed by atoms with E-state index in [1.165, 1.54) is 11.3 Å². The Bertz CT molecular complexity index is 908. The highest BCUT2D eigenvalue weighted by Gasteiger charge is 2.11. The molecule has 0 spiro atoms. The van der Waals surface area contributed by atoms with Crippen LogP contribution in [0.15, 0.2) is 64.9 Å². The van der Waals surface area contributed by atoms with Gasteiger partial charge in [-0.25, -0.2) is 4.98 Å². The van der Waals surface area contributed by atoms with Gasteiger partial charge in [-0.15, -0.1) is 23.1 Å². The second kappa shape index (κ2) is 9.34. The largest absolute Gasteiger partial charge is 0.326 e. The van der Waals surface area contributed by atoms with Crippen molar-refractivity contribution in [2.75, 3.05) is 16.9 Å². The molecule has 0 radical (unpaired) electrons. The van der Waals surface area contributed by atoms with E-state index in [9.17, 15) is 9.59 Å². The molecule has 27 heavy (non-hydrogen) atoms.